The van der Waals surface area contributed by atoms with E-state index in [2.05, 4.69) is 15.3 Å². The van der Waals surface area contributed by atoms with Gasteiger partial charge < -0.3 is 9.67 Å². The van der Waals surface area contributed by atoms with Crippen LogP contribution in [0.5, 0.6) is 0 Å². The molecule has 0 unspecified atom stereocenters. The lowest BCUT2D eigenvalue weighted by Gasteiger charge is -2.02. The molecule has 2 heterocycles. The minimum absolute atomic E-state index is 0.0201. The number of thioether (sulfide) groups is 1. The molecule has 2 aromatic heterocycles. The van der Waals surface area contributed by atoms with Crippen molar-refractivity contribution in [2.24, 2.45) is 7.05 Å². The van der Waals surface area contributed by atoms with E-state index in [9.17, 15) is 4.79 Å². The maximum atomic E-state index is 10.5. The van der Waals surface area contributed by atoms with Gasteiger partial charge in [-0.15, -0.1) is 10.2 Å². The van der Waals surface area contributed by atoms with Crippen molar-refractivity contribution in [2.75, 3.05) is 5.75 Å². The lowest BCUT2D eigenvalue weighted by molar-refractivity contribution is -0.133. The molecule has 0 aromatic carbocycles. The van der Waals surface area contributed by atoms with Crippen molar-refractivity contribution in [1.82, 2.24) is 24.5 Å². The van der Waals surface area contributed by atoms with Gasteiger partial charge in [-0.3, -0.25) is 9.48 Å². The normalized spacial score (nSPS) is 10.6. The number of carboxylic acid groups (broad SMARTS) is 1. The van der Waals surface area contributed by atoms with Crippen molar-refractivity contribution >= 4 is 17.7 Å². The van der Waals surface area contributed by atoms with Crippen molar-refractivity contribution in [3.63, 3.8) is 0 Å². The highest BCUT2D eigenvalue weighted by Crippen LogP contribution is 2.15. The third kappa shape index (κ3) is 2.84. The van der Waals surface area contributed by atoms with Crippen molar-refractivity contribution in [2.45, 2.75) is 11.7 Å². The monoisotopic (exact) mass is 253 g/mol. The zero-order chi connectivity index (χ0) is 12.3. The molecule has 0 spiro atoms. The van der Waals surface area contributed by atoms with Gasteiger partial charge >= 0.3 is 5.97 Å². The predicted octanol–water partition coefficient (Wildman–Crippen LogP) is 0.237. The van der Waals surface area contributed by atoms with E-state index in [1.807, 2.05) is 19.3 Å². The Hall–Kier alpha value is -1.83. The molecule has 0 saturated heterocycles. The molecule has 0 radical (unpaired) electrons. The summed E-state index contributed by atoms with van der Waals surface area (Å²) in [4.78, 5) is 10.5. The van der Waals surface area contributed by atoms with Gasteiger partial charge in [-0.2, -0.15) is 5.10 Å². The number of aromatic nitrogens is 5. The van der Waals surface area contributed by atoms with Crippen LogP contribution in [-0.4, -0.2) is 41.4 Å². The summed E-state index contributed by atoms with van der Waals surface area (Å²) >= 11 is 1.15. The number of rotatable bonds is 5. The molecular weight excluding hydrogens is 242 g/mol. The van der Waals surface area contributed by atoms with Gasteiger partial charge in [-0.05, 0) is 6.07 Å². The average Bonchev–Trinajstić information content (AvgIpc) is 2.89. The molecule has 2 rings (SSSR count). The fourth-order valence-corrected chi connectivity index (χ4v) is 1.92. The zero-order valence-electron chi connectivity index (χ0n) is 9.15. The molecule has 0 aliphatic heterocycles. The lowest BCUT2D eigenvalue weighted by atomic mass is 10.6. The summed E-state index contributed by atoms with van der Waals surface area (Å²) in [6.45, 7) is 0.518. The summed E-state index contributed by atoms with van der Waals surface area (Å²) in [6, 6.07) is 1.83. The largest absolute Gasteiger partial charge is 0.481 e. The van der Waals surface area contributed by atoms with Crippen molar-refractivity contribution in [1.29, 1.82) is 0 Å². The van der Waals surface area contributed by atoms with Crippen molar-refractivity contribution in [3.8, 4) is 0 Å². The van der Waals surface area contributed by atoms with E-state index in [-0.39, 0.29) is 5.75 Å². The quantitative estimate of drug-likeness (QED) is 0.768. The predicted molar refractivity (Wildman–Crippen MR) is 60.7 cm³/mol. The first-order valence-corrected chi connectivity index (χ1v) is 5.85. The van der Waals surface area contributed by atoms with Gasteiger partial charge in [0.2, 0.25) is 0 Å². The first-order chi connectivity index (χ1) is 8.16. The smallest absolute Gasteiger partial charge is 0.313 e. The Balaban J connectivity index is 2.07. The van der Waals surface area contributed by atoms with Crippen LogP contribution in [0.2, 0.25) is 0 Å². The van der Waals surface area contributed by atoms with Crippen LogP contribution in [0.25, 0.3) is 0 Å². The van der Waals surface area contributed by atoms with E-state index in [1.54, 1.807) is 15.4 Å². The Morgan fingerprint density at radius 3 is 3.00 bits per heavy atom. The maximum absolute atomic E-state index is 10.5. The average molecular weight is 253 g/mol. The van der Waals surface area contributed by atoms with Gasteiger partial charge in [0.25, 0.3) is 0 Å². The minimum atomic E-state index is -0.869. The third-order valence-corrected chi connectivity index (χ3v) is 3.12. The maximum Gasteiger partial charge on any atom is 0.313 e. The molecule has 0 atom stereocenters. The summed E-state index contributed by atoms with van der Waals surface area (Å²) in [5, 5.41) is 21.2. The second-order valence-corrected chi connectivity index (χ2v) is 4.29. The van der Waals surface area contributed by atoms with Crippen LogP contribution < -0.4 is 0 Å². The zero-order valence-corrected chi connectivity index (χ0v) is 9.96. The Kier molecular flexibility index (Phi) is 3.43. The summed E-state index contributed by atoms with van der Waals surface area (Å²) in [7, 11) is 1.81. The van der Waals surface area contributed by atoms with Gasteiger partial charge in [0.15, 0.2) is 11.0 Å². The Morgan fingerprint density at radius 1 is 1.53 bits per heavy atom. The van der Waals surface area contributed by atoms with Gasteiger partial charge in [-0.1, -0.05) is 11.8 Å². The Labute approximate surface area is 101 Å². The summed E-state index contributed by atoms with van der Waals surface area (Å²) in [6.07, 6.45) is 3.52. The molecule has 90 valence electrons. The molecular formula is C9H11N5O2S. The van der Waals surface area contributed by atoms with E-state index >= 15 is 0 Å². The second-order valence-electron chi connectivity index (χ2n) is 3.34. The fourth-order valence-electron chi connectivity index (χ4n) is 1.27. The highest BCUT2D eigenvalue weighted by Gasteiger charge is 2.11. The second kappa shape index (κ2) is 5.00. The number of aliphatic carboxylic acids is 1. The molecule has 0 aliphatic carbocycles. The van der Waals surface area contributed by atoms with E-state index in [0.29, 0.717) is 11.7 Å². The van der Waals surface area contributed by atoms with E-state index in [0.717, 1.165) is 17.6 Å². The molecule has 17 heavy (non-hydrogen) atoms. The van der Waals surface area contributed by atoms with Crippen LogP contribution in [0.1, 0.15) is 5.82 Å². The van der Waals surface area contributed by atoms with Gasteiger partial charge in [0.05, 0.1) is 5.75 Å². The van der Waals surface area contributed by atoms with Crippen LogP contribution in [0.3, 0.4) is 0 Å². The molecule has 2 aromatic rings. The van der Waals surface area contributed by atoms with Gasteiger partial charge in [0, 0.05) is 19.4 Å². The van der Waals surface area contributed by atoms with Gasteiger partial charge in [-0.25, -0.2) is 0 Å². The van der Waals surface area contributed by atoms with E-state index in [1.165, 1.54) is 0 Å². The number of hydrogen-bond donors (Lipinski definition) is 1. The summed E-state index contributed by atoms with van der Waals surface area (Å²) in [5.74, 6) is -0.151. The molecule has 0 bridgehead atoms. The van der Waals surface area contributed by atoms with E-state index in [4.69, 9.17) is 5.11 Å². The molecule has 0 amide bonds. The lowest BCUT2D eigenvalue weighted by Crippen LogP contribution is -2.07. The van der Waals surface area contributed by atoms with Gasteiger partial charge in [0.1, 0.15) is 6.54 Å². The molecule has 7 nitrogen and oxygen atoms in total. The van der Waals surface area contributed by atoms with Crippen LogP contribution >= 0.6 is 11.8 Å². The number of carbonyl (C=O) groups is 1. The number of nitrogens with zero attached hydrogens (tertiary/aromatic N) is 5. The molecule has 0 saturated carbocycles. The molecule has 1 N–H and O–H groups in total. The topological polar surface area (TPSA) is 85.8 Å². The minimum Gasteiger partial charge on any atom is -0.481 e. The first kappa shape index (κ1) is 11.6. The third-order valence-electron chi connectivity index (χ3n) is 2.11. The number of hydrogen-bond acceptors (Lipinski definition) is 5. The Bertz CT molecular complexity index is 507. The first-order valence-electron chi connectivity index (χ1n) is 4.87. The highest BCUT2D eigenvalue weighted by molar-refractivity contribution is 7.99. The standard InChI is InChI=1S/C9H11N5O2S/c1-13-7(5-14-4-2-3-10-14)11-12-9(13)17-6-8(15)16/h2-4H,5-6H2,1H3,(H,15,16). The van der Waals surface area contributed by atoms with E-state index < -0.39 is 5.97 Å². The van der Waals surface area contributed by atoms with Crippen molar-refractivity contribution < 1.29 is 9.90 Å². The SMILES string of the molecule is Cn1c(Cn2cccn2)nnc1SCC(=O)O. The summed E-state index contributed by atoms with van der Waals surface area (Å²) < 4.78 is 3.50. The van der Waals surface area contributed by atoms with Crippen molar-refractivity contribution in [3.05, 3.63) is 24.3 Å². The molecule has 0 aliphatic rings. The highest BCUT2D eigenvalue weighted by atomic mass is 32.2. The fraction of sp³-hybridized carbons (Fsp3) is 0.333. The molecule has 0 fully saturated rings. The van der Waals surface area contributed by atoms with Crippen LogP contribution in [-0.2, 0) is 18.4 Å². The van der Waals surface area contributed by atoms with Crippen LogP contribution in [0.4, 0.5) is 0 Å². The Morgan fingerprint density at radius 2 is 2.35 bits per heavy atom. The van der Waals surface area contributed by atoms with Crippen LogP contribution in [0.15, 0.2) is 23.6 Å². The van der Waals surface area contributed by atoms with Crippen LogP contribution in [0, 0.1) is 0 Å². The molecule has 8 heteroatoms. The number of carboxylic acids is 1. The summed E-state index contributed by atoms with van der Waals surface area (Å²) in [5.41, 5.74) is 0.